The average molecular weight is 307 g/mol. The number of amides is 1. The predicted molar refractivity (Wildman–Crippen MR) is 84.5 cm³/mol. The number of ether oxygens (including phenoxy) is 1. The minimum absolute atomic E-state index is 0.00105. The standard InChI is InChI=1S/C15H25N5O2/c1-10-18-11(8-16)7-12(19-10)20-9-15(2,3)13(20)14(21)17-5-6-22-4/h7,13H,5-6,8-9,16H2,1-4H3,(H,17,21). The maximum atomic E-state index is 12.5. The lowest BCUT2D eigenvalue weighted by atomic mass is 9.74. The van der Waals surface area contributed by atoms with Crippen LogP contribution in [0.5, 0.6) is 0 Å². The second-order valence-electron chi connectivity index (χ2n) is 6.27. The van der Waals surface area contributed by atoms with E-state index in [0.29, 0.717) is 25.5 Å². The molecule has 0 aromatic carbocycles. The van der Waals surface area contributed by atoms with Gasteiger partial charge in [0.1, 0.15) is 17.7 Å². The van der Waals surface area contributed by atoms with Gasteiger partial charge in [-0.15, -0.1) is 0 Å². The molecule has 2 rings (SSSR count). The summed E-state index contributed by atoms with van der Waals surface area (Å²) in [5, 5.41) is 2.91. The number of anilines is 1. The number of carbonyl (C=O) groups excluding carboxylic acids is 1. The topological polar surface area (TPSA) is 93.4 Å². The molecule has 22 heavy (non-hydrogen) atoms. The molecule has 1 atom stereocenters. The minimum Gasteiger partial charge on any atom is -0.383 e. The number of nitrogens with two attached hydrogens (primary N) is 1. The van der Waals surface area contributed by atoms with Gasteiger partial charge >= 0.3 is 0 Å². The van der Waals surface area contributed by atoms with Gasteiger partial charge in [0.05, 0.1) is 12.3 Å². The number of nitrogens with zero attached hydrogens (tertiary/aromatic N) is 3. The first-order chi connectivity index (χ1) is 10.4. The maximum absolute atomic E-state index is 12.5. The number of aromatic nitrogens is 2. The number of hydrogen-bond donors (Lipinski definition) is 2. The summed E-state index contributed by atoms with van der Waals surface area (Å²) in [5.74, 6) is 1.43. The van der Waals surface area contributed by atoms with E-state index < -0.39 is 0 Å². The molecule has 1 aromatic heterocycles. The smallest absolute Gasteiger partial charge is 0.243 e. The maximum Gasteiger partial charge on any atom is 0.243 e. The number of hydrogen-bond acceptors (Lipinski definition) is 6. The van der Waals surface area contributed by atoms with E-state index in [9.17, 15) is 4.79 Å². The fraction of sp³-hybridized carbons (Fsp3) is 0.667. The Labute approximate surface area is 131 Å². The van der Waals surface area contributed by atoms with Crippen molar-refractivity contribution in [2.75, 3.05) is 31.7 Å². The Hall–Kier alpha value is -1.73. The van der Waals surface area contributed by atoms with E-state index in [1.165, 1.54) is 0 Å². The third-order valence-corrected chi connectivity index (χ3v) is 3.86. The third-order valence-electron chi connectivity index (χ3n) is 3.86. The van der Waals surface area contributed by atoms with Crippen molar-refractivity contribution in [2.45, 2.75) is 33.4 Å². The number of methoxy groups -OCH3 is 1. The molecule has 7 nitrogen and oxygen atoms in total. The van der Waals surface area contributed by atoms with Crippen molar-refractivity contribution < 1.29 is 9.53 Å². The van der Waals surface area contributed by atoms with Crippen LogP contribution in [-0.4, -0.2) is 48.7 Å². The first kappa shape index (κ1) is 16.6. The summed E-state index contributed by atoms with van der Waals surface area (Å²) in [6.07, 6.45) is 0. The van der Waals surface area contributed by atoms with E-state index in [2.05, 4.69) is 29.1 Å². The minimum atomic E-state index is -0.246. The van der Waals surface area contributed by atoms with Gasteiger partial charge in [-0.25, -0.2) is 9.97 Å². The van der Waals surface area contributed by atoms with Crippen molar-refractivity contribution in [3.05, 3.63) is 17.6 Å². The van der Waals surface area contributed by atoms with Crippen molar-refractivity contribution >= 4 is 11.7 Å². The molecule has 122 valence electrons. The number of rotatable bonds is 6. The summed E-state index contributed by atoms with van der Waals surface area (Å²) >= 11 is 0. The number of aryl methyl sites for hydroxylation is 1. The van der Waals surface area contributed by atoms with Gasteiger partial charge in [0.25, 0.3) is 0 Å². The van der Waals surface area contributed by atoms with E-state index in [4.69, 9.17) is 10.5 Å². The normalized spacial score (nSPS) is 19.7. The largest absolute Gasteiger partial charge is 0.383 e. The summed E-state index contributed by atoms with van der Waals surface area (Å²) < 4.78 is 4.97. The molecule has 0 radical (unpaired) electrons. The highest BCUT2D eigenvalue weighted by Gasteiger charge is 2.50. The molecule has 7 heteroatoms. The van der Waals surface area contributed by atoms with Crippen LogP contribution in [0.25, 0.3) is 0 Å². The van der Waals surface area contributed by atoms with E-state index in [0.717, 1.165) is 18.1 Å². The Kier molecular flexibility index (Phi) is 4.97. The van der Waals surface area contributed by atoms with Gasteiger partial charge in [-0.1, -0.05) is 13.8 Å². The zero-order valence-corrected chi connectivity index (χ0v) is 13.7. The molecule has 0 aliphatic carbocycles. The fourth-order valence-corrected chi connectivity index (χ4v) is 2.87. The Morgan fingerprint density at radius 1 is 1.55 bits per heavy atom. The highest BCUT2D eigenvalue weighted by atomic mass is 16.5. The van der Waals surface area contributed by atoms with Crippen LogP contribution in [0.4, 0.5) is 5.82 Å². The van der Waals surface area contributed by atoms with Crippen molar-refractivity contribution in [3.8, 4) is 0 Å². The fourth-order valence-electron chi connectivity index (χ4n) is 2.87. The molecular formula is C15H25N5O2. The highest BCUT2D eigenvalue weighted by molar-refractivity contribution is 5.88. The van der Waals surface area contributed by atoms with Gasteiger partial charge in [0, 0.05) is 38.2 Å². The molecule has 1 aliphatic rings. The lowest BCUT2D eigenvalue weighted by Crippen LogP contribution is -2.68. The Morgan fingerprint density at radius 2 is 2.27 bits per heavy atom. The Balaban J connectivity index is 2.17. The average Bonchev–Trinajstić information content (AvgIpc) is 2.44. The van der Waals surface area contributed by atoms with Gasteiger partial charge in [-0.2, -0.15) is 0 Å². The van der Waals surface area contributed by atoms with Gasteiger partial charge in [0.15, 0.2) is 0 Å². The number of nitrogens with one attached hydrogen (secondary N) is 1. The molecule has 0 bridgehead atoms. The van der Waals surface area contributed by atoms with Gasteiger partial charge in [-0.3, -0.25) is 4.79 Å². The molecule has 1 aliphatic heterocycles. The van der Waals surface area contributed by atoms with Crippen LogP contribution in [0.15, 0.2) is 6.07 Å². The quantitative estimate of drug-likeness (QED) is 0.730. The van der Waals surface area contributed by atoms with Gasteiger partial charge < -0.3 is 20.7 Å². The first-order valence-electron chi connectivity index (χ1n) is 7.47. The SMILES string of the molecule is COCCNC(=O)C1N(c2cc(CN)nc(C)n2)CC1(C)C. The lowest BCUT2D eigenvalue weighted by Gasteiger charge is -2.53. The zero-order chi connectivity index (χ0) is 16.3. The molecule has 1 unspecified atom stereocenters. The summed E-state index contributed by atoms with van der Waals surface area (Å²) in [7, 11) is 1.61. The molecule has 1 amide bonds. The summed E-state index contributed by atoms with van der Waals surface area (Å²) in [5.41, 5.74) is 6.36. The zero-order valence-electron chi connectivity index (χ0n) is 13.7. The molecule has 1 saturated heterocycles. The van der Waals surface area contributed by atoms with Crippen LogP contribution in [0, 0.1) is 12.3 Å². The Bertz CT molecular complexity index is 547. The third kappa shape index (κ3) is 3.36. The number of carbonyl (C=O) groups is 1. The summed E-state index contributed by atoms with van der Waals surface area (Å²) in [6.45, 7) is 8.15. The van der Waals surface area contributed by atoms with Crippen molar-refractivity contribution in [2.24, 2.45) is 11.1 Å². The molecule has 0 saturated carbocycles. The van der Waals surface area contributed by atoms with E-state index in [1.54, 1.807) is 7.11 Å². The summed E-state index contributed by atoms with van der Waals surface area (Å²) in [6, 6.07) is 1.61. The van der Waals surface area contributed by atoms with Crippen LogP contribution >= 0.6 is 0 Å². The van der Waals surface area contributed by atoms with Crippen LogP contribution in [-0.2, 0) is 16.1 Å². The van der Waals surface area contributed by atoms with Gasteiger partial charge in [-0.05, 0) is 6.92 Å². The second kappa shape index (κ2) is 6.58. The molecule has 0 spiro atoms. The monoisotopic (exact) mass is 307 g/mol. The van der Waals surface area contributed by atoms with Crippen molar-refractivity contribution in [3.63, 3.8) is 0 Å². The lowest BCUT2D eigenvalue weighted by molar-refractivity contribution is -0.127. The predicted octanol–water partition coefficient (Wildman–Crippen LogP) is 0.221. The molecule has 1 fully saturated rings. The van der Waals surface area contributed by atoms with Gasteiger partial charge in [0.2, 0.25) is 5.91 Å². The molecule has 3 N–H and O–H groups in total. The first-order valence-corrected chi connectivity index (χ1v) is 7.47. The Morgan fingerprint density at radius 3 is 2.86 bits per heavy atom. The van der Waals surface area contributed by atoms with E-state index in [-0.39, 0.29) is 17.4 Å². The molecular weight excluding hydrogens is 282 g/mol. The molecule has 2 heterocycles. The van der Waals surface area contributed by atoms with Crippen molar-refractivity contribution in [1.29, 1.82) is 0 Å². The van der Waals surface area contributed by atoms with Crippen molar-refractivity contribution in [1.82, 2.24) is 15.3 Å². The van der Waals surface area contributed by atoms with Crippen LogP contribution in [0.1, 0.15) is 25.4 Å². The summed E-state index contributed by atoms with van der Waals surface area (Å²) in [4.78, 5) is 23.2. The van der Waals surface area contributed by atoms with E-state index in [1.807, 2.05) is 17.9 Å². The molecule has 1 aromatic rings. The van der Waals surface area contributed by atoms with Crippen LogP contribution < -0.4 is 16.0 Å². The second-order valence-corrected chi connectivity index (χ2v) is 6.27. The van der Waals surface area contributed by atoms with Crippen LogP contribution in [0.2, 0.25) is 0 Å². The highest BCUT2D eigenvalue weighted by Crippen LogP contribution is 2.39. The van der Waals surface area contributed by atoms with E-state index >= 15 is 0 Å². The van der Waals surface area contributed by atoms with Crippen LogP contribution in [0.3, 0.4) is 0 Å².